The second kappa shape index (κ2) is 6.19. The Bertz CT molecular complexity index is 665. The first-order valence-electron chi connectivity index (χ1n) is 8.74. The highest BCUT2D eigenvalue weighted by Gasteiger charge is 2.34. The molecule has 2 heteroatoms. The van der Waals surface area contributed by atoms with E-state index in [2.05, 4.69) is 17.4 Å². The molecule has 1 N–H and O–H groups in total. The van der Waals surface area contributed by atoms with Crippen LogP contribution in [0.2, 0.25) is 0 Å². The Morgan fingerprint density at radius 1 is 0.783 bits per heavy atom. The minimum atomic E-state index is 0.0795. The van der Waals surface area contributed by atoms with Crippen molar-refractivity contribution >= 4 is 5.91 Å². The van der Waals surface area contributed by atoms with Gasteiger partial charge >= 0.3 is 0 Å². The fraction of sp³-hybridized carbons (Fsp3) is 0.381. The van der Waals surface area contributed by atoms with Gasteiger partial charge in [-0.25, -0.2) is 0 Å². The van der Waals surface area contributed by atoms with E-state index in [0.717, 1.165) is 23.0 Å². The lowest BCUT2D eigenvalue weighted by Gasteiger charge is -2.28. The average molecular weight is 305 g/mol. The maximum absolute atomic E-state index is 12.5. The van der Waals surface area contributed by atoms with Crippen LogP contribution in [0.15, 0.2) is 54.6 Å². The van der Waals surface area contributed by atoms with Gasteiger partial charge in [0, 0.05) is 11.6 Å². The van der Waals surface area contributed by atoms with Crippen LogP contribution in [0.1, 0.15) is 42.5 Å². The summed E-state index contributed by atoms with van der Waals surface area (Å²) in [6.45, 7) is 0. The van der Waals surface area contributed by atoms with Gasteiger partial charge < -0.3 is 5.32 Å². The highest BCUT2D eigenvalue weighted by molar-refractivity contribution is 5.94. The highest BCUT2D eigenvalue weighted by Crippen LogP contribution is 2.41. The Morgan fingerprint density at radius 3 is 2.04 bits per heavy atom. The number of fused-ring (bicyclic) bond motifs is 2. The third-order valence-electron chi connectivity index (χ3n) is 5.47. The quantitative estimate of drug-likeness (QED) is 0.877. The SMILES string of the molecule is O=C(NC1CC2CCC(C2)C1)c1ccc(-c2ccccc2)cc1. The van der Waals surface area contributed by atoms with Crippen LogP contribution in [0.4, 0.5) is 0 Å². The van der Waals surface area contributed by atoms with Crippen molar-refractivity contribution in [1.82, 2.24) is 5.32 Å². The number of nitrogens with one attached hydrogen (secondary N) is 1. The molecule has 2 aromatic rings. The molecule has 0 saturated heterocycles. The van der Waals surface area contributed by atoms with Crippen molar-refractivity contribution in [3.8, 4) is 11.1 Å². The van der Waals surface area contributed by atoms with E-state index in [9.17, 15) is 4.79 Å². The van der Waals surface area contributed by atoms with Crippen LogP contribution >= 0.6 is 0 Å². The molecule has 2 fully saturated rings. The van der Waals surface area contributed by atoms with Gasteiger partial charge in [-0.3, -0.25) is 4.79 Å². The molecule has 2 aromatic carbocycles. The van der Waals surface area contributed by atoms with Crippen LogP contribution in [0, 0.1) is 11.8 Å². The molecule has 0 aromatic heterocycles. The van der Waals surface area contributed by atoms with Crippen molar-refractivity contribution in [1.29, 1.82) is 0 Å². The summed E-state index contributed by atoms with van der Waals surface area (Å²) in [5, 5.41) is 3.26. The maximum atomic E-state index is 12.5. The van der Waals surface area contributed by atoms with E-state index in [1.807, 2.05) is 42.5 Å². The first-order chi connectivity index (χ1) is 11.3. The summed E-state index contributed by atoms with van der Waals surface area (Å²) in [7, 11) is 0. The van der Waals surface area contributed by atoms with E-state index in [0.29, 0.717) is 6.04 Å². The predicted octanol–water partition coefficient (Wildman–Crippen LogP) is 4.66. The van der Waals surface area contributed by atoms with Crippen LogP contribution in [-0.2, 0) is 0 Å². The first-order valence-corrected chi connectivity index (χ1v) is 8.74. The van der Waals surface area contributed by atoms with E-state index in [-0.39, 0.29) is 5.91 Å². The molecule has 2 nitrogen and oxygen atoms in total. The number of amides is 1. The summed E-state index contributed by atoms with van der Waals surface area (Å²) in [5.74, 6) is 1.77. The molecule has 2 saturated carbocycles. The van der Waals surface area contributed by atoms with Crippen molar-refractivity contribution in [2.45, 2.75) is 38.1 Å². The van der Waals surface area contributed by atoms with Gasteiger partial charge in [0.2, 0.25) is 0 Å². The molecule has 0 heterocycles. The van der Waals surface area contributed by atoms with Crippen LogP contribution < -0.4 is 5.32 Å². The molecule has 2 atom stereocenters. The lowest BCUT2D eigenvalue weighted by molar-refractivity contribution is 0.0918. The van der Waals surface area contributed by atoms with Crippen molar-refractivity contribution in [3.63, 3.8) is 0 Å². The molecule has 0 radical (unpaired) electrons. The van der Waals surface area contributed by atoms with Crippen LogP contribution in [-0.4, -0.2) is 11.9 Å². The number of hydrogen-bond acceptors (Lipinski definition) is 1. The highest BCUT2D eigenvalue weighted by atomic mass is 16.1. The Kier molecular flexibility index (Phi) is 3.90. The molecule has 1 amide bonds. The summed E-state index contributed by atoms with van der Waals surface area (Å²) in [5.41, 5.74) is 3.10. The van der Waals surface area contributed by atoms with Crippen molar-refractivity contribution in [3.05, 3.63) is 60.2 Å². The lowest BCUT2D eigenvalue weighted by atomic mass is 9.85. The van der Waals surface area contributed by atoms with E-state index in [4.69, 9.17) is 0 Å². The Hall–Kier alpha value is -2.09. The topological polar surface area (TPSA) is 29.1 Å². The lowest BCUT2D eigenvalue weighted by Crippen LogP contribution is -2.38. The molecule has 2 aliphatic carbocycles. The summed E-state index contributed by atoms with van der Waals surface area (Å²) in [6.07, 6.45) is 6.46. The van der Waals surface area contributed by atoms with Crippen molar-refractivity contribution in [2.24, 2.45) is 11.8 Å². The van der Waals surface area contributed by atoms with Gasteiger partial charge in [0.05, 0.1) is 0 Å². The Labute approximate surface area is 137 Å². The zero-order chi connectivity index (χ0) is 15.6. The van der Waals surface area contributed by atoms with Gasteiger partial charge in [0.25, 0.3) is 5.91 Å². The van der Waals surface area contributed by atoms with Gasteiger partial charge in [-0.15, -0.1) is 0 Å². The summed E-state index contributed by atoms with van der Waals surface area (Å²) < 4.78 is 0. The molecular weight excluding hydrogens is 282 g/mol. The maximum Gasteiger partial charge on any atom is 0.251 e. The fourth-order valence-corrected chi connectivity index (χ4v) is 4.34. The smallest absolute Gasteiger partial charge is 0.251 e. The molecule has 0 spiro atoms. The van der Waals surface area contributed by atoms with E-state index in [1.54, 1.807) is 0 Å². The van der Waals surface area contributed by atoms with Crippen LogP contribution in [0.3, 0.4) is 0 Å². The van der Waals surface area contributed by atoms with Gasteiger partial charge in [-0.1, -0.05) is 55.3 Å². The second-order valence-electron chi connectivity index (χ2n) is 7.13. The first kappa shape index (κ1) is 14.5. The molecule has 23 heavy (non-hydrogen) atoms. The van der Waals surface area contributed by atoms with Gasteiger partial charge in [-0.05, 0) is 54.4 Å². The molecule has 0 aliphatic heterocycles. The van der Waals surface area contributed by atoms with E-state index >= 15 is 0 Å². The molecule has 2 bridgehead atoms. The van der Waals surface area contributed by atoms with Crippen molar-refractivity contribution < 1.29 is 4.79 Å². The fourth-order valence-electron chi connectivity index (χ4n) is 4.34. The standard InChI is InChI=1S/C21H23NO/c23-21(22-20-13-15-6-7-16(12-15)14-20)19-10-8-18(9-11-19)17-4-2-1-3-5-17/h1-5,8-11,15-16,20H,6-7,12-14H2,(H,22,23). The number of rotatable bonds is 3. The number of carbonyl (C=O) groups excluding carboxylic acids is 1. The van der Waals surface area contributed by atoms with Crippen LogP contribution in [0.25, 0.3) is 11.1 Å². The molecule has 118 valence electrons. The van der Waals surface area contributed by atoms with Gasteiger partial charge in [0.1, 0.15) is 0 Å². The average Bonchev–Trinajstić information content (AvgIpc) is 2.94. The van der Waals surface area contributed by atoms with Crippen molar-refractivity contribution in [2.75, 3.05) is 0 Å². The number of carbonyl (C=O) groups is 1. The largest absolute Gasteiger partial charge is 0.349 e. The van der Waals surface area contributed by atoms with E-state index < -0.39 is 0 Å². The summed E-state index contributed by atoms with van der Waals surface area (Å²) in [6, 6.07) is 18.6. The molecule has 2 aliphatic rings. The van der Waals surface area contributed by atoms with E-state index in [1.165, 1.54) is 37.7 Å². The molecular formula is C21H23NO. The Morgan fingerprint density at radius 2 is 1.39 bits per heavy atom. The second-order valence-corrected chi connectivity index (χ2v) is 7.13. The van der Waals surface area contributed by atoms with Gasteiger partial charge in [-0.2, -0.15) is 0 Å². The van der Waals surface area contributed by atoms with Gasteiger partial charge in [0.15, 0.2) is 0 Å². The minimum absolute atomic E-state index is 0.0795. The third kappa shape index (κ3) is 3.17. The zero-order valence-electron chi connectivity index (χ0n) is 13.4. The predicted molar refractivity (Wildman–Crippen MR) is 93.2 cm³/mol. The summed E-state index contributed by atoms with van der Waals surface area (Å²) >= 11 is 0. The van der Waals surface area contributed by atoms with Crippen LogP contribution in [0.5, 0.6) is 0 Å². The monoisotopic (exact) mass is 305 g/mol. The third-order valence-corrected chi connectivity index (χ3v) is 5.47. The molecule has 2 unspecified atom stereocenters. The number of benzene rings is 2. The minimum Gasteiger partial charge on any atom is -0.349 e. The Balaban J connectivity index is 1.42. The zero-order valence-corrected chi connectivity index (χ0v) is 13.4. The molecule has 4 rings (SSSR count). The number of hydrogen-bond donors (Lipinski definition) is 1. The normalized spacial score (nSPS) is 26.0. The summed E-state index contributed by atoms with van der Waals surface area (Å²) in [4.78, 5) is 12.5.